The maximum absolute atomic E-state index is 12.8. The van der Waals surface area contributed by atoms with Crippen LogP contribution >= 0.6 is 0 Å². The molecule has 12 nitrogen and oxygen atoms in total. The van der Waals surface area contributed by atoms with Crippen molar-refractivity contribution >= 4 is 22.1 Å². The molecule has 2 unspecified atom stereocenters. The molecule has 0 bridgehead atoms. The molecule has 13 heteroatoms. The van der Waals surface area contributed by atoms with Crippen LogP contribution in [0.4, 0.5) is 0 Å². The largest absolute Gasteiger partial charge is 0.462 e. The highest BCUT2D eigenvalue weighted by Gasteiger charge is 2.46. The van der Waals surface area contributed by atoms with Crippen molar-refractivity contribution in [3.63, 3.8) is 0 Å². The van der Waals surface area contributed by atoms with Crippen LogP contribution in [0.25, 0.3) is 0 Å². The van der Waals surface area contributed by atoms with Gasteiger partial charge in [0.1, 0.15) is 36.8 Å². The third kappa shape index (κ3) is 29.2. The van der Waals surface area contributed by atoms with Gasteiger partial charge in [-0.05, 0) is 57.8 Å². The highest BCUT2D eigenvalue weighted by atomic mass is 32.2. The van der Waals surface area contributed by atoms with Gasteiger partial charge in [-0.2, -0.15) is 8.42 Å². The van der Waals surface area contributed by atoms with Gasteiger partial charge in [-0.3, -0.25) is 14.1 Å². The molecule has 1 aliphatic rings. The minimum atomic E-state index is -4.61. The second-order valence-corrected chi connectivity index (χ2v) is 16.2. The van der Waals surface area contributed by atoms with Gasteiger partial charge >= 0.3 is 11.9 Å². The Morgan fingerprint density at radius 1 is 0.614 bits per heavy atom. The number of hydrogen-bond acceptors (Lipinski definition) is 11. The van der Waals surface area contributed by atoms with Gasteiger partial charge in [0.15, 0.2) is 12.4 Å². The first-order valence-corrected chi connectivity index (χ1v) is 23.0. The molecule has 57 heavy (non-hydrogen) atoms. The number of ether oxygens (including phenoxy) is 4. The Balaban J connectivity index is 2.51. The monoisotopic (exact) mass is 826 g/mol. The van der Waals surface area contributed by atoms with Crippen molar-refractivity contribution < 1.29 is 56.8 Å². The summed E-state index contributed by atoms with van der Waals surface area (Å²) in [5, 5.41) is 30.8. The first-order chi connectivity index (χ1) is 27.5. The fourth-order valence-electron chi connectivity index (χ4n) is 6.09. The third-order valence-electron chi connectivity index (χ3n) is 9.43. The van der Waals surface area contributed by atoms with Crippen LogP contribution in [0, 0.1) is 0 Å². The Labute approximate surface area is 343 Å². The number of esters is 2. The molecule has 1 rings (SSSR count). The molecule has 0 saturated carbocycles. The van der Waals surface area contributed by atoms with Crippen molar-refractivity contribution in [2.45, 2.75) is 185 Å². The van der Waals surface area contributed by atoms with Gasteiger partial charge in [-0.25, -0.2) is 0 Å². The van der Waals surface area contributed by atoms with E-state index in [1.165, 1.54) is 32.1 Å². The summed E-state index contributed by atoms with van der Waals surface area (Å²) in [6, 6.07) is 0. The van der Waals surface area contributed by atoms with Gasteiger partial charge in [0.2, 0.25) is 0 Å². The highest BCUT2D eigenvalue weighted by molar-refractivity contribution is 7.85. The van der Waals surface area contributed by atoms with Crippen LogP contribution < -0.4 is 0 Å². The number of carbonyl (C=O) groups is 2. The van der Waals surface area contributed by atoms with Crippen molar-refractivity contribution in [1.29, 1.82) is 0 Å². The Bertz CT molecular complexity index is 1290. The lowest BCUT2D eigenvalue weighted by molar-refractivity contribution is -0.297. The zero-order valence-corrected chi connectivity index (χ0v) is 35.5. The molecular formula is C44H74O12S. The quantitative estimate of drug-likeness (QED) is 0.0161. The van der Waals surface area contributed by atoms with Crippen LogP contribution in [0.15, 0.2) is 60.8 Å². The number of carbonyl (C=O) groups excluding carboxylic acids is 2. The van der Waals surface area contributed by atoms with Crippen LogP contribution in [0.1, 0.15) is 149 Å². The number of rotatable bonds is 34. The maximum atomic E-state index is 12.8. The molecule has 0 spiro atoms. The second-order valence-electron chi connectivity index (χ2n) is 14.7. The first-order valence-electron chi connectivity index (χ1n) is 21.4. The van der Waals surface area contributed by atoms with E-state index >= 15 is 0 Å². The van der Waals surface area contributed by atoms with E-state index in [-0.39, 0.29) is 19.4 Å². The molecule has 0 aromatic carbocycles. The van der Waals surface area contributed by atoms with Crippen molar-refractivity contribution in [2.24, 2.45) is 0 Å². The predicted molar refractivity (Wildman–Crippen MR) is 224 cm³/mol. The van der Waals surface area contributed by atoms with E-state index in [9.17, 15) is 37.9 Å². The summed E-state index contributed by atoms with van der Waals surface area (Å²) in [4.78, 5) is 25.3. The number of aliphatic hydroxyl groups excluding tert-OH is 3. The van der Waals surface area contributed by atoms with E-state index in [0.717, 1.165) is 77.0 Å². The highest BCUT2D eigenvalue weighted by Crippen LogP contribution is 2.24. The SMILES string of the molecule is CC/C=C/C=C/C=C/C=C/CCCCCCCC(=O)O[C@H](COC(=O)CCCCCCC/C=C/CCCCCCC)CO[C@H]1O[C@H](CS(=O)(=O)O)[C@@H](O)C(O)C1O. The summed E-state index contributed by atoms with van der Waals surface area (Å²) in [5.74, 6) is -2.03. The third-order valence-corrected chi connectivity index (χ3v) is 10.2. The Morgan fingerprint density at radius 3 is 1.70 bits per heavy atom. The standard InChI is InChI=1S/C44H74O12S/c1-3-5-7-9-11-13-15-17-19-21-23-25-27-29-31-33-40(46)55-37(35-54-44-43(49)42(48)41(47)38(56-44)36-57(50,51)52)34-53-39(45)32-30-28-26-24-22-20-18-16-14-12-10-8-6-4-2/h5,7,9,11,13,15-19,37-38,41-44,47-49H,3-4,6,8,10,12,14,20-36H2,1-2H3,(H,50,51,52)/b7-5+,11-9+,15-13+,18-16+,19-17+/t37-,38-,41-,42?,43?,44+/m1/s1. The van der Waals surface area contributed by atoms with E-state index in [0.29, 0.717) is 12.8 Å². The Hall–Kier alpha value is -2.65. The fraction of sp³-hybridized carbons (Fsp3) is 0.727. The van der Waals surface area contributed by atoms with Gasteiger partial charge < -0.3 is 34.3 Å². The Kier molecular flexibility index (Phi) is 31.5. The zero-order chi connectivity index (χ0) is 42.0. The van der Waals surface area contributed by atoms with E-state index in [2.05, 4.69) is 38.2 Å². The minimum absolute atomic E-state index is 0.134. The maximum Gasteiger partial charge on any atom is 0.306 e. The van der Waals surface area contributed by atoms with Crippen LogP contribution in [0.3, 0.4) is 0 Å². The van der Waals surface area contributed by atoms with Crippen LogP contribution in [-0.2, 0) is 38.7 Å². The average molecular weight is 827 g/mol. The number of allylic oxidation sites excluding steroid dienone is 10. The number of unbranched alkanes of at least 4 members (excludes halogenated alkanes) is 15. The lowest BCUT2D eigenvalue weighted by Gasteiger charge is -2.40. The van der Waals surface area contributed by atoms with Gasteiger partial charge in [-0.1, -0.05) is 139 Å². The summed E-state index contributed by atoms with van der Waals surface area (Å²) >= 11 is 0. The molecule has 0 aromatic heterocycles. The smallest absolute Gasteiger partial charge is 0.306 e. The van der Waals surface area contributed by atoms with E-state index in [1.54, 1.807) is 0 Å². The average Bonchev–Trinajstić information content (AvgIpc) is 3.17. The molecule has 1 heterocycles. The lowest BCUT2D eigenvalue weighted by atomic mass is 10.00. The number of hydrogen-bond donors (Lipinski definition) is 4. The van der Waals surface area contributed by atoms with Crippen molar-refractivity contribution in [2.75, 3.05) is 19.0 Å². The van der Waals surface area contributed by atoms with Crippen LogP contribution in [0.5, 0.6) is 0 Å². The molecule has 1 fully saturated rings. The summed E-state index contributed by atoms with van der Waals surface area (Å²) < 4.78 is 53.9. The van der Waals surface area contributed by atoms with E-state index in [4.69, 9.17) is 18.9 Å². The molecule has 0 radical (unpaired) electrons. The predicted octanol–water partition coefficient (Wildman–Crippen LogP) is 8.17. The second kappa shape index (κ2) is 34.2. The lowest BCUT2D eigenvalue weighted by Crippen LogP contribution is -2.60. The first kappa shape index (κ1) is 52.4. The molecule has 0 aliphatic carbocycles. The number of aliphatic hydroxyl groups is 3. The van der Waals surface area contributed by atoms with Gasteiger partial charge in [-0.15, -0.1) is 0 Å². The topological polar surface area (TPSA) is 186 Å². The molecule has 4 N–H and O–H groups in total. The van der Waals surface area contributed by atoms with Crippen LogP contribution in [0.2, 0.25) is 0 Å². The molecule has 0 aromatic rings. The Morgan fingerprint density at radius 2 is 1.12 bits per heavy atom. The van der Waals surface area contributed by atoms with E-state index < -0.39 is 71.2 Å². The molecule has 6 atom stereocenters. The zero-order valence-electron chi connectivity index (χ0n) is 34.7. The van der Waals surface area contributed by atoms with Crippen molar-refractivity contribution in [3.05, 3.63) is 60.8 Å². The van der Waals surface area contributed by atoms with E-state index in [1.807, 2.05) is 36.5 Å². The summed E-state index contributed by atoms with van der Waals surface area (Å²) in [6.07, 6.45) is 31.2. The van der Waals surface area contributed by atoms with Crippen LogP contribution in [-0.4, -0.2) is 96.0 Å². The normalized spacial score (nSPS) is 21.1. The summed E-state index contributed by atoms with van der Waals surface area (Å²) in [5.41, 5.74) is 0. The molecule has 1 aliphatic heterocycles. The van der Waals surface area contributed by atoms with Gasteiger partial charge in [0, 0.05) is 12.8 Å². The molecule has 0 amide bonds. The molecule has 328 valence electrons. The molecular weight excluding hydrogens is 753 g/mol. The molecule has 1 saturated heterocycles. The summed E-state index contributed by atoms with van der Waals surface area (Å²) in [7, 11) is -4.61. The van der Waals surface area contributed by atoms with Crippen molar-refractivity contribution in [3.8, 4) is 0 Å². The van der Waals surface area contributed by atoms with Gasteiger partial charge in [0.05, 0.1) is 6.61 Å². The van der Waals surface area contributed by atoms with Gasteiger partial charge in [0.25, 0.3) is 10.1 Å². The fourth-order valence-corrected chi connectivity index (χ4v) is 6.78. The summed E-state index contributed by atoms with van der Waals surface area (Å²) in [6.45, 7) is 3.56. The minimum Gasteiger partial charge on any atom is -0.462 e. The van der Waals surface area contributed by atoms with Crippen molar-refractivity contribution in [1.82, 2.24) is 0 Å².